The van der Waals surface area contributed by atoms with Crippen LogP contribution in [0.2, 0.25) is 0 Å². The van der Waals surface area contributed by atoms with Crippen LogP contribution in [0.15, 0.2) is 18.2 Å². The van der Waals surface area contributed by atoms with E-state index in [2.05, 4.69) is 26.1 Å². The lowest BCUT2D eigenvalue weighted by atomic mass is 9.87. The van der Waals surface area contributed by atoms with E-state index in [0.717, 1.165) is 6.42 Å². The van der Waals surface area contributed by atoms with Crippen LogP contribution >= 0.6 is 0 Å². The summed E-state index contributed by atoms with van der Waals surface area (Å²) in [6.45, 7) is 7.18. The maximum atomic E-state index is 12.4. The molecule has 0 unspecified atom stereocenters. The molecule has 0 aromatic heterocycles. The fourth-order valence-corrected chi connectivity index (χ4v) is 2.31. The molecule has 0 atom stereocenters. The number of nitrogens with one attached hydrogen (secondary N) is 1. The van der Waals surface area contributed by atoms with Crippen molar-refractivity contribution in [3.63, 3.8) is 0 Å². The maximum absolute atomic E-state index is 12.4. The number of ether oxygens (including phenoxy) is 1. The zero-order chi connectivity index (χ0) is 15.9. The van der Waals surface area contributed by atoms with Gasteiger partial charge in [-0.05, 0) is 24.0 Å². The van der Waals surface area contributed by atoms with Crippen LogP contribution in [0.3, 0.4) is 0 Å². The van der Waals surface area contributed by atoms with Gasteiger partial charge in [-0.2, -0.15) is 0 Å². The molecule has 1 aromatic rings. The molecule has 0 aliphatic carbocycles. The van der Waals surface area contributed by atoms with Gasteiger partial charge in [-0.1, -0.05) is 46.1 Å². The lowest BCUT2D eigenvalue weighted by Crippen LogP contribution is -2.34. The standard InChI is InChI=1S/C17H28N2O2/c1-5-6-7-11-17(2,3)12-19-16(20)15-13(18)9-8-10-14(15)21-4/h8-10H,5-7,11-12,18H2,1-4H3,(H,19,20). The highest BCUT2D eigenvalue weighted by Crippen LogP contribution is 2.26. The van der Waals surface area contributed by atoms with Crippen LogP contribution in [-0.2, 0) is 0 Å². The number of unbranched alkanes of at least 4 members (excludes halogenated alkanes) is 2. The molecule has 0 aliphatic rings. The van der Waals surface area contributed by atoms with Gasteiger partial charge >= 0.3 is 0 Å². The Balaban J connectivity index is 2.66. The van der Waals surface area contributed by atoms with Crippen molar-refractivity contribution in [2.24, 2.45) is 5.41 Å². The molecule has 4 heteroatoms. The second kappa shape index (κ2) is 7.91. The topological polar surface area (TPSA) is 64.4 Å². The molecule has 118 valence electrons. The van der Waals surface area contributed by atoms with Gasteiger partial charge in [0.2, 0.25) is 0 Å². The van der Waals surface area contributed by atoms with E-state index in [1.165, 1.54) is 19.3 Å². The van der Waals surface area contributed by atoms with Crippen LogP contribution in [0.5, 0.6) is 5.75 Å². The number of rotatable bonds is 8. The van der Waals surface area contributed by atoms with Crippen LogP contribution in [0.4, 0.5) is 5.69 Å². The van der Waals surface area contributed by atoms with Crippen LogP contribution in [0, 0.1) is 5.41 Å². The predicted octanol–water partition coefficient (Wildman–Crippen LogP) is 3.61. The highest BCUT2D eigenvalue weighted by Gasteiger charge is 2.21. The fourth-order valence-electron chi connectivity index (χ4n) is 2.31. The Labute approximate surface area is 128 Å². The number of hydrogen-bond acceptors (Lipinski definition) is 3. The van der Waals surface area contributed by atoms with Gasteiger partial charge in [0.05, 0.1) is 7.11 Å². The van der Waals surface area contributed by atoms with Gasteiger partial charge in [0.15, 0.2) is 0 Å². The molecule has 1 amide bonds. The molecule has 0 heterocycles. The van der Waals surface area contributed by atoms with Crippen molar-refractivity contribution in [1.29, 1.82) is 0 Å². The summed E-state index contributed by atoms with van der Waals surface area (Å²) in [4.78, 5) is 12.4. The van der Waals surface area contributed by atoms with Crippen molar-refractivity contribution in [3.8, 4) is 5.75 Å². The molecule has 3 N–H and O–H groups in total. The molecule has 0 bridgehead atoms. The highest BCUT2D eigenvalue weighted by atomic mass is 16.5. The maximum Gasteiger partial charge on any atom is 0.257 e. The Hall–Kier alpha value is -1.71. The first-order chi connectivity index (χ1) is 9.91. The Morgan fingerprint density at radius 2 is 2.05 bits per heavy atom. The molecular weight excluding hydrogens is 264 g/mol. The van der Waals surface area contributed by atoms with Crippen molar-refractivity contribution in [2.75, 3.05) is 19.4 Å². The van der Waals surface area contributed by atoms with Crippen LogP contribution in [-0.4, -0.2) is 19.6 Å². The Kier molecular flexibility index (Phi) is 6.53. The summed E-state index contributed by atoms with van der Waals surface area (Å²) in [6.07, 6.45) is 4.73. The molecule has 0 spiro atoms. The lowest BCUT2D eigenvalue weighted by Gasteiger charge is -2.25. The average molecular weight is 292 g/mol. The monoisotopic (exact) mass is 292 g/mol. The number of methoxy groups -OCH3 is 1. The third-order valence-corrected chi connectivity index (χ3v) is 3.69. The smallest absolute Gasteiger partial charge is 0.257 e. The van der Waals surface area contributed by atoms with E-state index in [4.69, 9.17) is 10.5 Å². The zero-order valence-corrected chi connectivity index (χ0v) is 13.7. The van der Waals surface area contributed by atoms with Gasteiger partial charge in [-0.15, -0.1) is 0 Å². The molecule has 0 radical (unpaired) electrons. The third kappa shape index (κ3) is 5.29. The first-order valence-electron chi connectivity index (χ1n) is 7.62. The molecule has 0 fully saturated rings. The molecule has 4 nitrogen and oxygen atoms in total. The van der Waals surface area contributed by atoms with Gasteiger partial charge < -0.3 is 15.8 Å². The summed E-state index contributed by atoms with van der Waals surface area (Å²) < 4.78 is 5.22. The van der Waals surface area contributed by atoms with Crippen molar-refractivity contribution in [1.82, 2.24) is 5.32 Å². The van der Waals surface area contributed by atoms with E-state index in [1.54, 1.807) is 25.3 Å². The minimum Gasteiger partial charge on any atom is -0.496 e. The van der Waals surface area contributed by atoms with E-state index in [-0.39, 0.29) is 11.3 Å². The van der Waals surface area contributed by atoms with Crippen molar-refractivity contribution in [3.05, 3.63) is 23.8 Å². The SMILES string of the molecule is CCCCCC(C)(C)CNC(=O)c1c(N)cccc1OC. The average Bonchev–Trinajstić information content (AvgIpc) is 2.44. The van der Waals surface area contributed by atoms with E-state index < -0.39 is 0 Å². The number of anilines is 1. The Morgan fingerprint density at radius 3 is 2.67 bits per heavy atom. The van der Waals surface area contributed by atoms with Crippen LogP contribution in [0.25, 0.3) is 0 Å². The summed E-state index contributed by atoms with van der Waals surface area (Å²) in [6, 6.07) is 5.24. The van der Waals surface area contributed by atoms with Crippen molar-refractivity contribution in [2.45, 2.75) is 46.5 Å². The summed E-state index contributed by atoms with van der Waals surface area (Å²) >= 11 is 0. The number of hydrogen-bond donors (Lipinski definition) is 2. The molecule has 0 saturated carbocycles. The molecule has 1 aromatic carbocycles. The fraction of sp³-hybridized carbons (Fsp3) is 0.588. The van der Waals surface area contributed by atoms with Gasteiger partial charge in [0, 0.05) is 12.2 Å². The normalized spacial score (nSPS) is 11.2. The summed E-state index contributed by atoms with van der Waals surface area (Å²) in [5.74, 6) is 0.338. The van der Waals surface area contributed by atoms with Gasteiger partial charge in [-0.3, -0.25) is 4.79 Å². The summed E-state index contributed by atoms with van der Waals surface area (Å²) in [7, 11) is 1.54. The zero-order valence-electron chi connectivity index (χ0n) is 13.7. The van der Waals surface area contributed by atoms with Crippen molar-refractivity contribution >= 4 is 11.6 Å². The van der Waals surface area contributed by atoms with Gasteiger partial charge in [0.25, 0.3) is 5.91 Å². The third-order valence-electron chi connectivity index (χ3n) is 3.69. The molecule has 0 aliphatic heterocycles. The highest BCUT2D eigenvalue weighted by molar-refractivity contribution is 6.01. The number of carbonyl (C=O) groups excluding carboxylic acids is 1. The first kappa shape index (κ1) is 17.3. The Bertz CT molecular complexity index is 470. The minimum absolute atomic E-state index is 0.0849. The van der Waals surface area contributed by atoms with Crippen molar-refractivity contribution < 1.29 is 9.53 Å². The number of benzene rings is 1. The number of nitrogen functional groups attached to an aromatic ring is 1. The Morgan fingerprint density at radius 1 is 1.33 bits per heavy atom. The lowest BCUT2D eigenvalue weighted by molar-refractivity contribution is 0.0932. The molecule has 21 heavy (non-hydrogen) atoms. The first-order valence-corrected chi connectivity index (χ1v) is 7.62. The predicted molar refractivity (Wildman–Crippen MR) is 87.7 cm³/mol. The molecule has 0 saturated heterocycles. The summed E-state index contributed by atoms with van der Waals surface area (Å²) in [5.41, 5.74) is 6.84. The van der Waals surface area contributed by atoms with Crippen LogP contribution < -0.4 is 15.8 Å². The number of amides is 1. The second-order valence-corrected chi connectivity index (χ2v) is 6.23. The van der Waals surface area contributed by atoms with E-state index in [9.17, 15) is 4.79 Å². The largest absolute Gasteiger partial charge is 0.496 e. The van der Waals surface area contributed by atoms with E-state index in [0.29, 0.717) is 23.5 Å². The van der Waals surface area contributed by atoms with Gasteiger partial charge in [0.1, 0.15) is 11.3 Å². The van der Waals surface area contributed by atoms with Gasteiger partial charge in [-0.25, -0.2) is 0 Å². The van der Waals surface area contributed by atoms with E-state index >= 15 is 0 Å². The molecule has 1 rings (SSSR count). The minimum atomic E-state index is -0.173. The quantitative estimate of drug-likeness (QED) is 0.568. The number of carbonyl (C=O) groups is 1. The summed E-state index contributed by atoms with van der Waals surface area (Å²) in [5, 5.41) is 2.98. The number of nitrogens with two attached hydrogens (primary N) is 1. The molecular formula is C17H28N2O2. The van der Waals surface area contributed by atoms with E-state index in [1.807, 2.05) is 0 Å². The second-order valence-electron chi connectivity index (χ2n) is 6.23. The van der Waals surface area contributed by atoms with Crippen LogP contribution in [0.1, 0.15) is 56.8 Å².